The van der Waals surface area contributed by atoms with E-state index in [0.717, 1.165) is 18.1 Å². The fraction of sp³-hybridized carbons (Fsp3) is 0.909. The highest BCUT2D eigenvalue weighted by Gasteiger charge is 2.24. The van der Waals surface area contributed by atoms with E-state index in [1.807, 2.05) is 0 Å². The van der Waals surface area contributed by atoms with Crippen LogP contribution in [0.25, 0.3) is 0 Å². The number of thioether (sulfide) groups is 1. The van der Waals surface area contributed by atoms with Crippen LogP contribution < -0.4 is 5.73 Å². The molecule has 4 heteroatoms. The van der Waals surface area contributed by atoms with Crippen molar-refractivity contribution in [2.75, 3.05) is 18.8 Å². The van der Waals surface area contributed by atoms with Gasteiger partial charge in [-0.25, -0.2) is 0 Å². The van der Waals surface area contributed by atoms with Gasteiger partial charge in [0.05, 0.1) is 4.99 Å². The summed E-state index contributed by atoms with van der Waals surface area (Å²) in [5.41, 5.74) is 5.48. The van der Waals surface area contributed by atoms with Crippen molar-refractivity contribution in [3.8, 4) is 0 Å². The molecule has 1 fully saturated rings. The fourth-order valence-electron chi connectivity index (χ4n) is 1.93. The number of thiocarbonyl (C=S) groups is 1. The Hall–Kier alpha value is 0.200. The Morgan fingerprint density at radius 3 is 2.87 bits per heavy atom. The molecule has 0 spiro atoms. The molecular formula is C11H22N2S2. The lowest BCUT2D eigenvalue weighted by Crippen LogP contribution is -2.44. The van der Waals surface area contributed by atoms with E-state index in [9.17, 15) is 0 Å². The van der Waals surface area contributed by atoms with E-state index in [1.165, 1.54) is 25.3 Å². The molecule has 0 saturated carbocycles. The highest BCUT2D eigenvalue weighted by molar-refractivity contribution is 8.00. The maximum atomic E-state index is 5.48. The van der Waals surface area contributed by atoms with Gasteiger partial charge in [0, 0.05) is 23.6 Å². The lowest BCUT2D eigenvalue weighted by molar-refractivity contribution is 0.209. The van der Waals surface area contributed by atoms with Crippen molar-refractivity contribution < 1.29 is 0 Å². The minimum Gasteiger partial charge on any atom is -0.393 e. The second-order valence-electron chi connectivity index (χ2n) is 4.28. The molecule has 0 aromatic heterocycles. The molecule has 1 heterocycles. The van der Waals surface area contributed by atoms with Crippen LogP contribution in [-0.4, -0.2) is 40.0 Å². The molecule has 15 heavy (non-hydrogen) atoms. The van der Waals surface area contributed by atoms with E-state index in [2.05, 4.69) is 30.5 Å². The van der Waals surface area contributed by atoms with Crippen LogP contribution in [0.1, 0.15) is 33.1 Å². The van der Waals surface area contributed by atoms with Crippen LogP contribution in [-0.2, 0) is 0 Å². The van der Waals surface area contributed by atoms with Crippen LogP contribution in [0.5, 0.6) is 0 Å². The summed E-state index contributed by atoms with van der Waals surface area (Å²) in [6.07, 6.45) is 3.26. The van der Waals surface area contributed by atoms with E-state index in [0.29, 0.717) is 11.0 Å². The van der Waals surface area contributed by atoms with Gasteiger partial charge in [-0.2, -0.15) is 11.8 Å². The molecule has 2 N–H and O–H groups in total. The zero-order chi connectivity index (χ0) is 11.3. The van der Waals surface area contributed by atoms with E-state index >= 15 is 0 Å². The molecule has 1 aliphatic heterocycles. The SMILES string of the molecule is CC1SCCN(CCCCC(N)=S)C1C. The van der Waals surface area contributed by atoms with Gasteiger partial charge in [-0.15, -0.1) is 0 Å². The molecular weight excluding hydrogens is 224 g/mol. The van der Waals surface area contributed by atoms with E-state index < -0.39 is 0 Å². The molecule has 0 bridgehead atoms. The second-order valence-corrected chi connectivity index (χ2v) is 6.29. The second kappa shape index (κ2) is 6.71. The van der Waals surface area contributed by atoms with Crippen molar-refractivity contribution in [2.45, 2.75) is 44.4 Å². The predicted molar refractivity (Wildman–Crippen MR) is 73.6 cm³/mol. The highest BCUT2D eigenvalue weighted by atomic mass is 32.2. The molecule has 1 saturated heterocycles. The molecule has 2 unspecified atom stereocenters. The third-order valence-electron chi connectivity index (χ3n) is 3.13. The summed E-state index contributed by atoms with van der Waals surface area (Å²) in [7, 11) is 0. The largest absolute Gasteiger partial charge is 0.393 e. The van der Waals surface area contributed by atoms with Gasteiger partial charge in [0.1, 0.15) is 0 Å². The van der Waals surface area contributed by atoms with Gasteiger partial charge >= 0.3 is 0 Å². The first kappa shape index (κ1) is 13.3. The Bertz CT molecular complexity index is 209. The first-order chi connectivity index (χ1) is 7.11. The van der Waals surface area contributed by atoms with E-state index in [1.54, 1.807) is 0 Å². The number of hydrogen-bond acceptors (Lipinski definition) is 3. The van der Waals surface area contributed by atoms with Crippen LogP contribution in [0.15, 0.2) is 0 Å². The van der Waals surface area contributed by atoms with Gasteiger partial charge in [0.15, 0.2) is 0 Å². The van der Waals surface area contributed by atoms with Gasteiger partial charge in [-0.3, -0.25) is 4.90 Å². The highest BCUT2D eigenvalue weighted by Crippen LogP contribution is 2.24. The number of hydrogen-bond donors (Lipinski definition) is 1. The average Bonchev–Trinajstić information content (AvgIpc) is 2.18. The third kappa shape index (κ3) is 4.70. The zero-order valence-electron chi connectivity index (χ0n) is 9.74. The lowest BCUT2D eigenvalue weighted by Gasteiger charge is -2.37. The summed E-state index contributed by atoms with van der Waals surface area (Å²) in [5, 5.41) is 0.773. The number of nitrogens with zero attached hydrogens (tertiary/aromatic N) is 1. The molecule has 88 valence electrons. The van der Waals surface area contributed by atoms with Crippen molar-refractivity contribution in [3.05, 3.63) is 0 Å². The third-order valence-corrected chi connectivity index (χ3v) is 4.68. The van der Waals surface area contributed by atoms with Crippen LogP contribution in [0.3, 0.4) is 0 Å². The van der Waals surface area contributed by atoms with Crippen LogP contribution in [0.4, 0.5) is 0 Å². The van der Waals surface area contributed by atoms with Crippen LogP contribution in [0.2, 0.25) is 0 Å². The van der Waals surface area contributed by atoms with Gasteiger partial charge in [-0.05, 0) is 32.7 Å². The maximum absolute atomic E-state index is 5.48. The fourth-order valence-corrected chi connectivity index (χ4v) is 3.23. The minimum atomic E-state index is 0.658. The summed E-state index contributed by atoms with van der Waals surface area (Å²) in [6.45, 7) is 7.11. The number of rotatable bonds is 5. The zero-order valence-corrected chi connectivity index (χ0v) is 11.4. The summed E-state index contributed by atoms with van der Waals surface area (Å²) < 4.78 is 0. The summed E-state index contributed by atoms with van der Waals surface area (Å²) in [4.78, 5) is 3.26. The average molecular weight is 246 g/mol. The molecule has 0 radical (unpaired) electrons. The summed E-state index contributed by atoms with van der Waals surface area (Å²) in [6, 6.07) is 0.716. The number of nitrogens with two attached hydrogens (primary N) is 1. The molecule has 2 atom stereocenters. The topological polar surface area (TPSA) is 29.3 Å². The van der Waals surface area contributed by atoms with Crippen molar-refractivity contribution in [3.63, 3.8) is 0 Å². The molecule has 0 amide bonds. The molecule has 0 aliphatic carbocycles. The molecule has 0 aromatic rings. The Balaban J connectivity index is 2.17. The van der Waals surface area contributed by atoms with Gasteiger partial charge in [0.25, 0.3) is 0 Å². The van der Waals surface area contributed by atoms with Crippen LogP contribution in [0, 0.1) is 0 Å². The lowest BCUT2D eigenvalue weighted by atomic mass is 10.1. The molecule has 0 aromatic carbocycles. The smallest absolute Gasteiger partial charge is 0.0727 e. The van der Waals surface area contributed by atoms with Gasteiger partial charge < -0.3 is 5.73 Å². The molecule has 1 aliphatic rings. The molecule has 2 nitrogen and oxygen atoms in total. The first-order valence-electron chi connectivity index (χ1n) is 5.75. The van der Waals surface area contributed by atoms with Crippen molar-refractivity contribution in [1.82, 2.24) is 4.90 Å². The maximum Gasteiger partial charge on any atom is 0.0727 e. The van der Waals surface area contributed by atoms with Gasteiger partial charge in [0.2, 0.25) is 0 Å². The monoisotopic (exact) mass is 246 g/mol. The normalized spacial score (nSPS) is 27.9. The predicted octanol–water partition coefficient (Wildman–Crippen LogP) is 2.27. The van der Waals surface area contributed by atoms with Crippen LogP contribution >= 0.6 is 24.0 Å². The minimum absolute atomic E-state index is 0.658. The summed E-state index contributed by atoms with van der Waals surface area (Å²) in [5.74, 6) is 1.28. The Labute approximate surface area is 103 Å². The van der Waals surface area contributed by atoms with Crippen molar-refractivity contribution >= 4 is 29.0 Å². The Morgan fingerprint density at radius 1 is 1.47 bits per heavy atom. The Kier molecular flexibility index (Phi) is 5.94. The standard InChI is InChI=1S/C11H22N2S2/c1-9-10(2)15-8-7-13(9)6-4-3-5-11(12)14/h9-10H,3-8H2,1-2H3,(H2,12,14). The molecule has 1 rings (SSSR count). The van der Waals surface area contributed by atoms with E-state index in [-0.39, 0.29) is 0 Å². The summed E-state index contributed by atoms with van der Waals surface area (Å²) >= 11 is 6.96. The first-order valence-corrected chi connectivity index (χ1v) is 7.21. The quantitative estimate of drug-likeness (QED) is 0.595. The number of unbranched alkanes of at least 4 members (excludes halogenated alkanes) is 1. The van der Waals surface area contributed by atoms with E-state index in [4.69, 9.17) is 18.0 Å². The Morgan fingerprint density at radius 2 is 2.20 bits per heavy atom. The van der Waals surface area contributed by atoms with Gasteiger partial charge in [-0.1, -0.05) is 19.1 Å². The van der Waals surface area contributed by atoms with Crippen molar-refractivity contribution in [1.29, 1.82) is 0 Å². The van der Waals surface area contributed by atoms with Crippen molar-refractivity contribution in [2.24, 2.45) is 5.73 Å².